The normalized spacial score (nSPS) is 31.0. The molecular weight excluding hydrogens is 304 g/mol. The molecule has 1 aliphatic rings. The van der Waals surface area contributed by atoms with Gasteiger partial charge in [-0.2, -0.15) is 0 Å². The Hall–Kier alpha value is -2.22. The third-order valence-electron chi connectivity index (χ3n) is 3.71. The number of ether oxygens (including phenoxy) is 1. The number of carbonyl (C=O) groups is 2. The average molecular weight is 322 g/mol. The van der Waals surface area contributed by atoms with Crippen molar-refractivity contribution >= 4 is 18.0 Å². The minimum Gasteiger partial charge on any atom is -0.479 e. The molecule has 7 nitrogen and oxygen atoms in total. The Bertz CT molecular complexity index is 584. The molecule has 0 aromatic heterocycles. The number of benzene rings is 1. The van der Waals surface area contributed by atoms with E-state index in [1.165, 1.54) is 6.08 Å². The summed E-state index contributed by atoms with van der Waals surface area (Å²) in [5, 5.41) is 38.5. The van der Waals surface area contributed by atoms with Crippen LogP contribution in [0.2, 0.25) is 0 Å². The van der Waals surface area contributed by atoms with Gasteiger partial charge in [0.1, 0.15) is 0 Å². The Morgan fingerprint density at radius 3 is 2.22 bits per heavy atom. The van der Waals surface area contributed by atoms with Crippen LogP contribution in [0.15, 0.2) is 36.4 Å². The predicted octanol–water partition coefficient (Wildman–Crippen LogP) is -0.0571. The van der Waals surface area contributed by atoms with E-state index in [4.69, 9.17) is 9.84 Å². The van der Waals surface area contributed by atoms with Crippen molar-refractivity contribution in [2.75, 3.05) is 0 Å². The first kappa shape index (κ1) is 17.1. The van der Waals surface area contributed by atoms with Gasteiger partial charge in [-0.15, -0.1) is 0 Å². The lowest BCUT2D eigenvalue weighted by atomic mass is 9.79. The Balaban J connectivity index is 1.99. The molecule has 1 fully saturated rings. The molecule has 124 valence electrons. The van der Waals surface area contributed by atoms with Gasteiger partial charge in [-0.25, -0.2) is 9.59 Å². The fourth-order valence-electron chi connectivity index (χ4n) is 2.50. The Morgan fingerprint density at radius 1 is 1.13 bits per heavy atom. The van der Waals surface area contributed by atoms with Crippen LogP contribution in [-0.2, 0) is 14.3 Å². The molecule has 7 heteroatoms. The van der Waals surface area contributed by atoms with Crippen LogP contribution in [0.1, 0.15) is 18.4 Å². The van der Waals surface area contributed by atoms with Gasteiger partial charge in [0.2, 0.25) is 0 Å². The number of hydrogen-bond donors (Lipinski definition) is 4. The summed E-state index contributed by atoms with van der Waals surface area (Å²) in [7, 11) is 0. The SMILES string of the molecule is O=C(/C=C/c1ccccc1)OC1[C@@H](O)CC(O)(C(=O)O)C[C@@H]1O. The number of carboxylic acids is 1. The zero-order chi connectivity index (χ0) is 17.0. The first-order valence-corrected chi connectivity index (χ1v) is 7.07. The molecule has 23 heavy (non-hydrogen) atoms. The summed E-state index contributed by atoms with van der Waals surface area (Å²) >= 11 is 0. The summed E-state index contributed by atoms with van der Waals surface area (Å²) < 4.78 is 4.98. The third-order valence-corrected chi connectivity index (χ3v) is 3.71. The molecule has 0 bridgehead atoms. The van der Waals surface area contributed by atoms with Crippen LogP contribution in [0.3, 0.4) is 0 Å². The molecule has 1 aromatic rings. The molecule has 0 amide bonds. The third kappa shape index (κ3) is 4.16. The second-order valence-electron chi connectivity index (χ2n) is 5.53. The fraction of sp³-hybridized carbons (Fsp3) is 0.375. The van der Waals surface area contributed by atoms with Crippen LogP contribution in [0.4, 0.5) is 0 Å². The van der Waals surface area contributed by atoms with E-state index in [2.05, 4.69) is 0 Å². The molecule has 2 atom stereocenters. The zero-order valence-corrected chi connectivity index (χ0v) is 12.2. The van der Waals surface area contributed by atoms with E-state index >= 15 is 0 Å². The van der Waals surface area contributed by atoms with Gasteiger partial charge in [0.15, 0.2) is 11.7 Å². The molecule has 1 aliphatic carbocycles. The Kier molecular flexibility index (Phi) is 5.15. The minimum atomic E-state index is -2.23. The van der Waals surface area contributed by atoms with Gasteiger partial charge >= 0.3 is 11.9 Å². The number of rotatable bonds is 4. The van der Waals surface area contributed by atoms with E-state index in [9.17, 15) is 24.9 Å². The highest BCUT2D eigenvalue weighted by Gasteiger charge is 2.50. The minimum absolute atomic E-state index is 0.528. The molecule has 2 rings (SSSR count). The summed E-state index contributed by atoms with van der Waals surface area (Å²) in [6.45, 7) is 0. The number of esters is 1. The molecule has 1 saturated carbocycles. The fourth-order valence-corrected chi connectivity index (χ4v) is 2.50. The van der Waals surface area contributed by atoms with E-state index in [1.807, 2.05) is 6.07 Å². The summed E-state index contributed by atoms with van der Waals surface area (Å²) in [5.41, 5.74) is -1.46. The summed E-state index contributed by atoms with van der Waals surface area (Å²) in [6.07, 6.45) is -2.64. The van der Waals surface area contributed by atoms with Crippen LogP contribution < -0.4 is 0 Å². The maximum Gasteiger partial charge on any atom is 0.335 e. The van der Waals surface area contributed by atoms with Gasteiger partial charge in [-0.1, -0.05) is 30.3 Å². The lowest BCUT2D eigenvalue weighted by Gasteiger charge is -2.39. The lowest BCUT2D eigenvalue weighted by Crippen LogP contribution is -2.57. The maximum absolute atomic E-state index is 11.8. The van der Waals surface area contributed by atoms with Crippen molar-refractivity contribution in [2.45, 2.75) is 36.8 Å². The van der Waals surface area contributed by atoms with Crippen molar-refractivity contribution in [2.24, 2.45) is 0 Å². The highest BCUT2D eigenvalue weighted by Crippen LogP contribution is 2.31. The van der Waals surface area contributed by atoms with Crippen LogP contribution in [0.25, 0.3) is 6.08 Å². The van der Waals surface area contributed by atoms with Crippen molar-refractivity contribution in [3.8, 4) is 0 Å². The number of aliphatic hydroxyl groups is 3. The molecule has 1 aromatic carbocycles. The van der Waals surface area contributed by atoms with Crippen LogP contribution in [0, 0.1) is 0 Å². The van der Waals surface area contributed by atoms with Gasteiger partial charge in [0, 0.05) is 18.9 Å². The lowest BCUT2D eigenvalue weighted by molar-refractivity contribution is -0.196. The van der Waals surface area contributed by atoms with Gasteiger partial charge in [0.25, 0.3) is 0 Å². The van der Waals surface area contributed by atoms with Gasteiger partial charge in [-0.3, -0.25) is 0 Å². The topological polar surface area (TPSA) is 124 Å². The standard InChI is InChI=1S/C16H18O7/c17-11-8-16(22,15(20)21)9-12(18)14(11)23-13(19)7-6-10-4-2-1-3-5-10/h1-7,11-12,14,17-18,22H,8-9H2,(H,20,21)/b7-6+/t11-,12-,14?,16?/m0/s1. The zero-order valence-electron chi connectivity index (χ0n) is 12.2. The number of aliphatic hydroxyl groups excluding tert-OH is 2. The Morgan fingerprint density at radius 2 is 1.70 bits per heavy atom. The van der Waals surface area contributed by atoms with Crippen molar-refractivity contribution in [1.82, 2.24) is 0 Å². The van der Waals surface area contributed by atoms with E-state index in [0.717, 1.165) is 11.6 Å². The van der Waals surface area contributed by atoms with E-state index < -0.39 is 48.7 Å². The monoisotopic (exact) mass is 322 g/mol. The van der Waals surface area contributed by atoms with Gasteiger partial charge in [-0.05, 0) is 11.6 Å². The first-order chi connectivity index (χ1) is 10.8. The highest BCUT2D eigenvalue weighted by atomic mass is 16.6. The number of carboxylic acid groups (broad SMARTS) is 1. The number of aliphatic carboxylic acids is 1. The average Bonchev–Trinajstić information content (AvgIpc) is 2.50. The molecule has 0 heterocycles. The highest BCUT2D eigenvalue weighted by molar-refractivity contribution is 5.87. The number of carbonyl (C=O) groups excluding carboxylic acids is 1. The van der Waals surface area contributed by atoms with Crippen molar-refractivity contribution in [3.63, 3.8) is 0 Å². The molecule has 0 unspecified atom stereocenters. The van der Waals surface area contributed by atoms with Crippen LogP contribution in [-0.4, -0.2) is 56.3 Å². The molecule has 0 spiro atoms. The molecule has 0 radical (unpaired) electrons. The van der Waals surface area contributed by atoms with Gasteiger partial charge < -0.3 is 25.2 Å². The largest absolute Gasteiger partial charge is 0.479 e. The quantitative estimate of drug-likeness (QED) is 0.452. The molecule has 0 saturated heterocycles. The van der Waals surface area contributed by atoms with Crippen molar-refractivity contribution in [1.29, 1.82) is 0 Å². The van der Waals surface area contributed by atoms with Crippen molar-refractivity contribution < 1.29 is 34.8 Å². The second-order valence-corrected chi connectivity index (χ2v) is 5.53. The molecule has 0 aliphatic heterocycles. The second kappa shape index (κ2) is 6.91. The van der Waals surface area contributed by atoms with Crippen LogP contribution >= 0.6 is 0 Å². The summed E-state index contributed by atoms with van der Waals surface area (Å²) in [5.74, 6) is -2.32. The van der Waals surface area contributed by atoms with Gasteiger partial charge in [0.05, 0.1) is 12.2 Å². The maximum atomic E-state index is 11.8. The van der Waals surface area contributed by atoms with E-state index in [1.54, 1.807) is 24.3 Å². The van der Waals surface area contributed by atoms with E-state index in [-0.39, 0.29) is 0 Å². The number of hydrogen-bond acceptors (Lipinski definition) is 6. The Labute approximate surface area is 132 Å². The predicted molar refractivity (Wildman–Crippen MR) is 79.2 cm³/mol. The molecule has 4 N–H and O–H groups in total. The smallest absolute Gasteiger partial charge is 0.335 e. The van der Waals surface area contributed by atoms with E-state index in [0.29, 0.717) is 0 Å². The summed E-state index contributed by atoms with van der Waals surface area (Å²) in [6, 6.07) is 8.98. The first-order valence-electron chi connectivity index (χ1n) is 7.07. The summed E-state index contributed by atoms with van der Waals surface area (Å²) in [4.78, 5) is 22.7. The molecular formula is C16H18O7. The van der Waals surface area contributed by atoms with Crippen LogP contribution in [0.5, 0.6) is 0 Å². The van der Waals surface area contributed by atoms with Crippen molar-refractivity contribution in [3.05, 3.63) is 42.0 Å².